The van der Waals surface area contributed by atoms with Gasteiger partial charge in [-0.3, -0.25) is 4.98 Å². The number of morpholine rings is 1. The van der Waals surface area contributed by atoms with Gasteiger partial charge < -0.3 is 15.4 Å². The first-order valence-corrected chi connectivity index (χ1v) is 9.48. The average molecular weight is 315 g/mol. The molecule has 1 saturated heterocycles. The van der Waals surface area contributed by atoms with Crippen LogP contribution in [-0.4, -0.2) is 31.3 Å². The van der Waals surface area contributed by atoms with Gasteiger partial charge in [0.25, 0.3) is 0 Å². The summed E-state index contributed by atoms with van der Waals surface area (Å²) >= 11 is 0. The molecule has 2 fully saturated rings. The fraction of sp³-hybridized carbons (Fsp3) is 0.737. The van der Waals surface area contributed by atoms with E-state index in [0.29, 0.717) is 5.92 Å². The van der Waals surface area contributed by atoms with Crippen molar-refractivity contribution in [3.63, 3.8) is 0 Å². The SMILES string of the molecule is Nc1c2c(nc(C3CCCCC3)c1N1CCOCC1)CCCC2. The molecule has 0 spiro atoms. The lowest BCUT2D eigenvalue weighted by Crippen LogP contribution is -2.38. The largest absolute Gasteiger partial charge is 0.397 e. The lowest BCUT2D eigenvalue weighted by Gasteiger charge is -2.35. The van der Waals surface area contributed by atoms with Gasteiger partial charge in [-0.05, 0) is 44.1 Å². The number of fused-ring (bicyclic) bond motifs is 1. The zero-order chi connectivity index (χ0) is 15.6. The predicted molar refractivity (Wildman–Crippen MR) is 94.1 cm³/mol. The normalized spacial score (nSPS) is 22.9. The molecule has 2 heterocycles. The van der Waals surface area contributed by atoms with Gasteiger partial charge in [-0.1, -0.05) is 19.3 Å². The van der Waals surface area contributed by atoms with E-state index in [1.807, 2.05) is 0 Å². The summed E-state index contributed by atoms with van der Waals surface area (Å²) in [6, 6.07) is 0. The Morgan fingerprint density at radius 2 is 1.70 bits per heavy atom. The molecule has 0 bridgehead atoms. The van der Waals surface area contributed by atoms with Crippen molar-refractivity contribution < 1.29 is 4.74 Å². The summed E-state index contributed by atoms with van der Waals surface area (Å²) in [6.45, 7) is 3.51. The highest BCUT2D eigenvalue weighted by Gasteiger charge is 2.29. The van der Waals surface area contributed by atoms with E-state index in [0.717, 1.165) is 44.8 Å². The van der Waals surface area contributed by atoms with Crippen molar-refractivity contribution in [2.75, 3.05) is 36.9 Å². The van der Waals surface area contributed by atoms with Crippen molar-refractivity contribution in [3.8, 4) is 0 Å². The Bertz CT molecular complexity index is 560. The number of anilines is 2. The first-order valence-electron chi connectivity index (χ1n) is 9.48. The summed E-state index contributed by atoms with van der Waals surface area (Å²) in [7, 11) is 0. The number of nitrogens with zero attached hydrogens (tertiary/aromatic N) is 2. The van der Waals surface area contributed by atoms with Crippen molar-refractivity contribution >= 4 is 11.4 Å². The molecular weight excluding hydrogens is 286 g/mol. The molecule has 0 unspecified atom stereocenters. The lowest BCUT2D eigenvalue weighted by atomic mass is 9.84. The van der Waals surface area contributed by atoms with Crippen molar-refractivity contribution in [2.24, 2.45) is 0 Å². The van der Waals surface area contributed by atoms with Crippen LogP contribution in [0.1, 0.15) is 67.8 Å². The minimum absolute atomic E-state index is 0.608. The molecular formula is C19H29N3O. The van der Waals surface area contributed by atoms with Crippen LogP contribution in [0.2, 0.25) is 0 Å². The molecule has 23 heavy (non-hydrogen) atoms. The monoisotopic (exact) mass is 315 g/mol. The number of hydrogen-bond acceptors (Lipinski definition) is 4. The summed E-state index contributed by atoms with van der Waals surface area (Å²) in [5.41, 5.74) is 13.0. The van der Waals surface area contributed by atoms with E-state index in [4.69, 9.17) is 15.5 Å². The van der Waals surface area contributed by atoms with Gasteiger partial charge in [-0.2, -0.15) is 0 Å². The molecule has 1 aromatic heterocycles. The van der Waals surface area contributed by atoms with Gasteiger partial charge in [0.1, 0.15) is 0 Å². The number of nitrogens with two attached hydrogens (primary N) is 1. The number of pyridine rings is 1. The van der Waals surface area contributed by atoms with Crippen LogP contribution in [0.3, 0.4) is 0 Å². The molecule has 2 N–H and O–H groups in total. The second-order valence-electron chi connectivity index (χ2n) is 7.33. The van der Waals surface area contributed by atoms with Gasteiger partial charge in [-0.15, -0.1) is 0 Å². The molecule has 1 aromatic rings. The van der Waals surface area contributed by atoms with E-state index in [-0.39, 0.29) is 0 Å². The third-order valence-corrected chi connectivity index (χ3v) is 5.84. The molecule has 1 aliphatic heterocycles. The number of hydrogen-bond donors (Lipinski definition) is 1. The second-order valence-corrected chi connectivity index (χ2v) is 7.33. The first-order chi connectivity index (χ1) is 11.3. The highest BCUT2D eigenvalue weighted by atomic mass is 16.5. The third-order valence-electron chi connectivity index (χ3n) is 5.84. The van der Waals surface area contributed by atoms with E-state index in [1.54, 1.807) is 0 Å². The van der Waals surface area contributed by atoms with Crippen LogP contribution in [0.25, 0.3) is 0 Å². The van der Waals surface area contributed by atoms with Crippen LogP contribution in [0.15, 0.2) is 0 Å². The topological polar surface area (TPSA) is 51.4 Å². The third kappa shape index (κ3) is 2.93. The fourth-order valence-electron chi connectivity index (χ4n) is 4.56. The summed E-state index contributed by atoms with van der Waals surface area (Å²) in [5, 5.41) is 0. The molecule has 4 rings (SSSR count). The van der Waals surface area contributed by atoms with Gasteiger partial charge in [-0.25, -0.2) is 0 Å². The van der Waals surface area contributed by atoms with Crippen molar-refractivity contribution in [3.05, 3.63) is 17.0 Å². The summed E-state index contributed by atoms with van der Waals surface area (Å²) in [6.07, 6.45) is 11.4. The molecule has 0 aromatic carbocycles. The Hall–Kier alpha value is -1.29. The van der Waals surface area contributed by atoms with E-state index >= 15 is 0 Å². The first kappa shape index (κ1) is 15.3. The fourth-order valence-corrected chi connectivity index (χ4v) is 4.56. The van der Waals surface area contributed by atoms with Gasteiger partial charge in [0.05, 0.1) is 30.3 Å². The van der Waals surface area contributed by atoms with Crippen LogP contribution in [0.4, 0.5) is 11.4 Å². The number of aryl methyl sites for hydroxylation is 1. The molecule has 4 nitrogen and oxygen atoms in total. The second kappa shape index (κ2) is 6.68. The van der Waals surface area contributed by atoms with Crippen LogP contribution in [0.5, 0.6) is 0 Å². The van der Waals surface area contributed by atoms with E-state index in [2.05, 4.69) is 4.90 Å². The minimum Gasteiger partial charge on any atom is -0.397 e. The lowest BCUT2D eigenvalue weighted by molar-refractivity contribution is 0.122. The molecule has 0 amide bonds. The highest BCUT2D eigenvalue weighted by molar-refractivity contribution is 5.75. The van der Waals surface area contributed by atoms with E-state index < -0.39 is 0 Å². The highest BCUT2D eigenvalue weighted by Crippen LogP contribution is 2.42. The number of rotatable bonds is 2. The Morgan fingerprint density at radius 1 is 0.957 bits per heavy atom. The maximum Gasteiger partial charge on any atom is 0.0826 e. The van der Waals surface area contributed by atoms with Crippen LogP contribution in [0, 0.1) is 0 Å². The Kier molecular flexibility index (Phi) is 4.43. The molecule has 2 aliphatic carbocycles. The maximum atomic E-state index is 6.72. The standard InChI is InChI=1S/C19H29N3O/c20-17-15-8-4-5-9-16(15)21-18(14-6-2-1-3-7-14)19(17)22-10-12-23-13-11-22/h14H,1-13H2,(H2,20,21). The molecule has 3 aliphatic rings. The van der Waals surface area contributed by atoms with Crippen LogP contribution in [-0.2, 0) is 17.6 Å². The van der Waals surface area contributed by atoms with Crippen molar-refractivity contribution in [1.82, 2.24) is 4.98 Å². The zero-order valence-corrected chi connectivity index (χ0v) is 14.1. The zero-order valence-electron chi connectivity index (χ0n) is 14.1. The predicted octanol–water partition coefficient (Wildman–Crippen LogP) is 3.43. The average Bonchev–Trinajstić information content (AvgIpc) is 2.63. The maximum absolute atomic E-state index is 6.72. The molecule has 1 saturated carbocycles. The number of nitrogen functional groups attached to an aromatic ring is 1. The Labute approximate surface area is 139 Å². The van der Waals surface area contributed by atoms with Gasteiger partial charge in [0.15, 0.2) is 0 Å². The molecule has 0 radical (unpaired) electrons. The van der Waals surface area contributed by atoms with Gasteiger partial charge in [0.2, 0.25) is 0 Å². The quantitative estimate of drug-likeness (QED) is 0.908. The van der Waals surface area contributed by atoms with Gasteiger partial charge in [0, 0.05) is 24.7 Å². The summed E-state index contributed by atoms with van der Waals surface area (Å²) in [4.78, 5) is 7.66. The smallest absolute Gasteiger partial charge is 0.0826 e. The molecule has 126 valence electrons. The van der Waals surface area contributed by atoms with Crippen molar-refractivity contribution in [1.29, 1.82) is 0 Å². The Morgan fingerprint density at radius 3 is 2.48 bits per heavy atom. The van der Waals surface area contributed by atoms with E-state index in [9.17, 15) is 0 Å². The van der Waals surface area contributed by atoms with Crippen LogP contribution >= 0.6 is 0 Å². The molecule has 0 atom stereocenters. The summed E-state index contributed by atoms with van der Waals surface area (Å²) in [5.74, 6) is 0.608. The number of aromatic nitrogens is 1. The van der Waals surface area contributed by atoms with Gasteiger partial charge >= 0.3 is 0 Å². The van der Waals surface area contributed by atoms with E-state index in [1.165, 1.54) is 67.6 Å². The molecule has 4 heteroatoms. The minimum atomic E-state index is 0.608. The van der Waals surface area contributed by atoms with Crippen molar-refractivity contribution in [2.45, 2.75) is 63.7 Å². The number of ether oxygens (including phenoxy) is 1. The summed E-state index contributed by atoms with van der Waals surface area (Å²) < 4.78 is 5.56. The Balaban J connectivity index is 1.78. The van der Waals surface area contributed by atoms with Crippen LogP contribution < -0.4 is 10.6 Å².